The molecule has 0 unspecified atom stereocenters. The van der Waals surface area contributed by atoms with Crippen LogP contribution in [0.1, 0.15) is 27.9 Å². The maximum absolute atomic E-state index is 12.4. The summed E-state index contributed by atoms with van der Waals surface area (Å²) < 4.78 is 111. The maximum Gasteiger partial charge on any atom is 0.416 e. The Morgan fingerprint density at radius 1 is 0.762 bits per heavy atom. The monoisotopic (exact) mass is 324 g/mol. The highest BCUT2D eigenvalue weighted by Gasteiger charge is 2.38. The molecule has 0 fully saturated rings. The Kier molecular flexibility index (Phi) is 4.31. The van der Waals surface area contributed by atoms with Crippen molar-refractivity contribution in [2.75, 3.05) is 0 Å². The molecule has 0 N–H and O–H groups in total. The van der Waals surface area contributed by atoms with Crippen LogP contribution in [-0.2, 0) is 12.4 Å². The molecule has 1 nitrogen and oxygen atoms in total. The maximum atomic E-state index is 12.4. The minimum Gasteiger partial charge on any atom is -0.294 e. The van der Waals surface area contributed by atoms with Crippen molar-refractivity contribution in [2.45, 2.75) is 24.9 Å². The summed E-state index contributed by atoms with van der Waals surface area (Å²) in [6.07, 6.45) is -17.6. The number of benzene rings is 1. The van der Waals surface area contributed by atoms with Crippen LogP contribution in [0.2, 0.25) is 0 Å². The molecular weight excluding hydrogens is 319 g/mol. The van der Waals surface area contributed by atoms with E-state index in [1.165, 1.54) is 0 Å². The molecule has 21 heavy (non-hydrogen) atoms. The third-order valence-electron chi connectivity index (χ3n) is 2.27. The highest BCUT2D eigenvalue weighted by Crippen LogP contribution is 2.37. The van der Waals surface area contributed by atoms with Gasteiger partial charge in [-0.3, -0.25) is 4.79 Å². The Morgan fingerprint density at radius 3 is 1.43 bits per heavy atom. The molecular formula is C11H5F9O. The second-order valence-electron chi connectivity index (χ2n) is 4.01. The molecule has 0 aliphatic carbocycles. The summed E-state index contributed by atoms with van der Waals surface area (Å²) in [4.78, 5) is 11.2. The summed E-state index contributed by atoms with van der Waals surface area (Å²) in [6.45, 7) is 0. The molecule has 0 aliphatic rings. The number of hydrogen-bond acceptors (Lipinski definition) is 1. The van der Waals surface area contributed by atoms with Crippen LogP contribution in [0, 0.1) is 0 Å². The van der Waals surface area contributed by atoms with Crippen molar-refractivity contribution < 1.29 is 44.3 Å². The van der Waals surface area contributed by atoms with Crippen LogP contribution in [-0.4, -0.2) is 12.0 Å². The first-order chi connectivity index (χ1) is 9.20. The smallest absolute Gasteiger partial charge is 0.294 e. The van der Waals surface area contributed by atoms with Gasteiger partial charge in [0.05, 0.1) is 11.1 Å². The minimum atomic E-state index is -5.23. The van der Waals surface area contributed by atoms with Gasteiger partial charge in [0.2, 0.25) is 0 Å². The summed E-state index contributed by atoms with van der Waals surface area (Å²) in [7, 11) is 0. The van der Waals surface area contributed by atoms with E-state index in [9.17, 15) is 44.3 Å². The van der Waals surface area contributed by atoms with Crippen molar-refractivity contribution in [2.24, 2.45) is 0 Å². The fourth-order valence-corrected chi connectivity index (χ4v) is 1.40. The van der Waals surface area contributed by atoms with E-state index in [0.717, 1.165) is 0 Å². The van der Waals surface area contributed by atoms with Crippen molar-refractivity contribution in [3.63, 3.8) is 0 Å². The fraction of sp³-hybridized carbons (Fsp3) is 0.364. The van der Waals surface area contributed by atoms with Gasteiger partial charge in [-0.15, -0.1) is 0 Å². The lowest BCUT2D eigenvalue weighted by molar-refractivity contribution is -0.143. The van der Waals surface area contributed by atoms with Gasteiger partial charge in [0, 0.05) is 5.56 Å². The van der Waals surface area contributed by atoms with E-state index in [2.05, 4.69) is 0 Å². The molecule has 0 saturated heterocycles. The molecule has 0 spiro atoms. The van der Waals surface area contributed by atoms with Gasteiger partial charge in [0.1, 0.15) is 6.42 Å². The number of carbonyl (C=O) groups excluding carboxylic acids is 1. The molecule has 10 heteroatoms. The van der Waals surface area contributed by atoms with Gasteiger partial charge in [0.25, 0.3) is 0 Å². The summed E-state index contributed by atoms with van der Waals surface area (Å²) in [6, 6.07) is -0.350. The number of carbonyl (C=O) groups is 1. The third kappa shape index (κ3) is 4.94. The molecule has 0 amide bonds. The fourth-order valence-electron chi connectivity index (χ4n) is 1.40. The molecule has 1 rings (SSSR count). The van der Waals surface area contributed by atoms with Crippen LogP contribution < -0.4 is 0 Å². The molecule has 1 aromatic carbocycles. The summed E-state index contributed by atoms with van der Waals surface area (Å²) in [5.41, 5.74) is -4.99. The lowest BCUT2D eigenvalue weighted by Gasteiger charge is -2.14. The highest BCUT2D eigenvalue weighted by atomic mass is 19.4. The lowest BCUT2D eigenvalue weighted by atomic mass is 10.0. The topological polar surface area (TPSA) is 17.1 Å². The lowest BCUT2D eigenvalue weighted by Crippen LogP contribution is -2.17. The average molecular weight is 324 g/mol. The first kappa shape index (κ1) is 17.3. The van der Waals surface area contributed by atoms with Crippen LogP contribution in [0.15, 0.2) is 18.2 Å². The minimum absolute atomic E-state index is 0.0384. The van der Waals surface area contributed by atoms with Gasteiger partial charge in [-0.05, 0) is 18.2 Å². The van der Waals surface area contributed by atoms with E-state index < -0.39 is 47.4 Å². The number of rotatable bonds is 2. The number of halogens is 9. The van der Waals surface area contributed by atoms with Gasteiger partial charge < -0.3 is 0 Å². The number of Topliss-reactive ketones (excluding diaryl/α,β-unsaturated/α-hetero) is 1. The van der Waals surface area contributed by atoms with Crippen LogP contribution in [0.5, 0.6) is 0 Å². The molecule has 0 bridgehead atoms. The van der Waals surface area contributed by atoms with Crippen molar-refractivity contribution >= 4 is 5.78 Å². The second kappa shape index (κ2) is 5.23. The second-order valence-corrected chi connectivity index (χ2v) is 4.01. The summed E-state index contributed by atoms with van der Waals surface area (Å²) >= 11 is 0. The quantitative estimate of drug-likeness (QED) is 0.561. The number of hydrogen-bond donors (Lipinski definition) is 0. The summed E-state index contributed by atoms with van der Waals surface area (Å²) in [5, 5.41) is 0. The van der Waals surface area contributed by atoms with Gasteiger partial charge in [-0.1, -0.05) is 0 Å². The number of ketones is 1. The Hall–Kier alpha value is -1.74. The normalized spacial score (nSPS) is 13.4. The Labute approximate surface area is 111 Å². The van der Waals surface area contributed by atoms with E-state index in [1.807, 2.05) is 0 Å². The van der Waals surface area contributed by atoms with Crippen molar-refractivity contribution in [3.05, 3.63) is 34.9 Å². The molecule has 0 aromatic heterocycles. The molecule has 118 valence electrons. The molecule has 0 radical (unpaired) electrons. The molecule has 0 saturated carbocycles. The largest absolute Gasteiger partial charge is 0.416 e. The molecule has 0 heterocycles. The zero-order valence-electron chi connectivity index (χ0n) is 9.75. The first-order valence-electron chi connectivity index (χ1n) is 5.09. The van der Waals surface area contributed by atoms with Crippen molar-refractivity contribution in [3.8, 4) is 0 Å². The zero-order chi connectivity index (χ0) is 16.6. The van der Waals surface area contributed by atoms with E-state index >= 15 is 0 Å². The Morgan fingerprint density at radius 2 is 1.14 bits per heavy atom. The summed E-state index contributed by atoms with van der Waals surface area (Å²) in [5.74, 6) is -1.88. The van der Waals surface area contributed by atoms with Gasteiger partial charge >= 0.3 is 18.5 Å². The highest BCUT2D eigenvalue weighted by molar-refractivity contribution is 5.96. The predicted octanol–water partition coefficient (Wildman–Crippen LogP) is 4.86. The number of alkyl halides is 9. The standard InChI is InChI=1S/C11H5F9O/c12-9(13,14)4-8(21)5-1-6(10(15,16)17)3-7(2-5)11(18,19)20/h1-3H,4H2. The SMILES string of the molecule is O=C(CC(F)(F)F)c1cc(C(F)(F)F)cc(C(F)(F)F)c1. The molecule has 1 aromatic rings. The average Bonchev–Trinajstić information content (AvgIpc) is 2.23. The van der Waals surface area contributed by atoms with Crippen LogP contribution in [0.3, 0.4) is 0 Å². The van der Waals surface area contributed by atoms with Crippen molar-refractivity contribution in [1.29, 1.82) is 0 Å². The van der Waals surface area contributed by atoms with Crippen LogP contribution >= 0.6 is 0 Å². The van der Waals surface area contributed by atoms with Gasteiger partial charge in [-0.25, -0.2) is 0 Å². The van der Waals surface area contributed by atoms with E-state index in [-0.39, 0.29) is 18.2 Å². The third-order valence-corrected chi connectivity index (χ3v) is 2.27. The van der Waals surface area contributed by atoms with E-state index in [0.29, 0.717) is 0 Å². The Balaban J connectivity index is 3.36. The van der Waals surface area contributed by atoms with E-state index in [4.69, 9.17) is 0 Å². The van der Waals surface area contributed by atoms with Gasteiger partial charge in [-0.2, -0.15) is 39.5 Å². The first-order valence-corrected chi connectivity index (χ1v) is 5.09. The zero-order valence-corrected chi connectivity index (χ0v) is 9.75. The van der Waals surface area contributed by atoms with Crippen LogP contribution in [0.4, 0.5) is 39.5 Å². The molecule has 0 aliphatic heterocycles. The Bertz CT molecular complexity index is 504. The van der Waals surface area contributed by atoms with Crippen LogP contribution in [0.25, 0.3) is 0 Å². The molecule has 0 atom stereocenters. The van der Waals surface area contributed by atoms with Crippen molar-refractivity contribution in [1.82, 2.24) is 0 Å². The van der Waals surface area contributed by atoms with Gasteiger partial charge in [0.15, 0.2) is 5.78 Å². The van der Waals surface area contributed by atoms with E-state index in [1.54, 1.807) is 0 Å². The predicted molar refractivity (Wildman–Crippen MR) is 51.4 cm³/mol.